The predicted octanol–water partition coefficient (Wildman–Crippen LogP) is 3.58. The SMILES string of the molecule is O=C1C(=O)N(c2cccc(F)c2)C(c2ccncc2)/C1=C(/O)c1ccc2c(c1)OCO2. The summed E-state index contributed by atoms with van der Waals surface area (Å²) in [6.45, 7) is 0.0561. The Kier molecular flexibility index (Phi) is 4.39. The van der Waals surface area contributed by atoms with Crippen LogP contribution in [0.5, 0.6) is 11.5 Å². The van der Waals surface area contributed by atoms with Gasteiger partial charge in [0.2, 0.25) is 6.79 Å². The summed E-state index contributed by atoms with van der Waals surface area (Å²) < 4.78 is 24.5. The molecule has 0 aliphatic carbocycles. The normalized spacial score (nSPS) is 19.1. The minimum atomic E-state index is -0.963. The number of hydrogen-bond donors (Lipinski definition) is 1. The van der Waals surface area contributed by atoms with E-state index in [1.807, 2.05) is 0 Å². The van der Waals surface area contributed by atoms with Gasteiger partial charge in [0.05, 0.1) is 11.6 Å². The second-order valence-electron chi connectivity index (χ2n) is 7.00. The minimum absolute atomic E-state index is 0.0561. The number of aromatic nitrogens is 1. The number of Topliss-reactive ketones (excluding diaryl/α,β-unsaturated/α-hetero) is 1. The number of ketones is 1. The van der Waals surface area contributed by atoms with Crippen molar-refractivity contribution in [3.8, 4) is 11.5 Å². The molecule has 0 saturated carbocycles. The molecule has 2 aliphatic rings. The molecule has 8 heteroatoms. The molecule has 1 amide bonds. The van der Waals surface area contributed by atoms with Crippen molar-refractivity contribution < 1.29 is 28.6 Å². The summed E-state index contributed by atoms with van der Waals surface area (Å²) in [5, 5.41) is 11.1. The maximum atomic E-state index is 13.9. The van der Waals surface area contributed by atoms with Crippen molar-refractivity contribution >= 4 is 23.1 Å². The number of hydrogen-bond acceptors (Lipinski definition) is 6. The van der Waals surface area contributed by atoms with Crippen molar-refractivity contribution in [1.82, 2.24) is 4.98 Å². The Bertz CT molecular complexity index is 1240. The number of anilines is 1. The van der Waals surface area contributed by atoms with Gasteiger partial charge in [-0.3, -0.25) is 19.5 Å². The Labute approximate surface area is 176 Å². The third-order valence-electron chi connectivity index (χ3n) is 5.20. The molecule has 1 N–H and O–H groups in total. The largest absolute Gasteiger partial charge is 0.507 e. The summed E-state index contributed by atoms with van der Waals surface area (Å²) >= 11 is 0. The van der Waals surface area contributed by atoms with E-state index in [2.05, 4.69) is 4.98 Å². The van der Waals surface area contributed by atoms with Crippen LogP contribution in [0.4, 0.5) is 10.1 Å². The number of benzene rings is 2. The summed E-state index contributed by atoms with van der Waals surface area (Å²) in [6, 6.07) is 12.4. The van der Waals surface area contributed by atoms with Crippen molar-refractivity contribution in [2.24, 2.45) is 0 Å². The average Bonchev–Trinajstić information content (AvgIpc) is 3.36. The third kappa shape index (κ3) is 3.09. The number of rotatable bonds is 3. The van der Waals surface area contributed by atoms with Crippen molar-refractivity contribution in [3.63, 3.8) is 0 Å². The third-order valence-corrected chi connectivity index (χ3v) is 5.20. The molecule has 1 aromatic heterocycles. The summed E-state index contributed by atoms with van der Waals surface area (Å²) in [5.74, 6) is -1.72. The molecule has 2 aromatic carbocycles. The van der Waals surface area contributed by atoms with E-state index in [4.69, 9.17) is 9.47 Å². The molecule has 1 saturated heterocycles. The van der Waals surface area contributed by atoms with Gasteiger partial charge < -0.3 is 14.6 Å². The zero-order chi connectivity index (χ0) is 21.5. The number of pyridine rings is 1. The Morgan fingerprint density at radius 2 is 1.81 bits per heavy atom. The lowest BCUT2D eigenvalue weighted by atomic mass is 9.95. The van der Waals surface area contributed by atoms with Crippen LogP contribution in [0, 0.1) is 5.82 Å². The van der Waals surface area contributed by atoms with Crippen LogP contribution < -0.4 is 14.4 Å². The summed E-state index contributed by atoms with van der Waals surface area (Å²) in [4.78, 5) is 31.2. The second kappa shape index (κ2) is 7.24. The molecule has 0 radical (unpaired) electrons. The van der Waals surface area contributed by atoms with E-state index in [0.717, 1.165) is 0 Å². The lowest BCUT2D eigenvalue weighted by Gasteiger charge is -2.25. The van der Waals surface area contributed by atoms with E-state index in [1.54, 1.807) is 24.3 Å². The molecule has 0 bridgehead atoms. The number of ether oxygens (including phenoxy) is 2. The Morgan fingerprint density at radius 1 is 1.03 bits per heavy atom. The van der Waals surface area contributed by atoms with E-state index in [9.17, 15) is 19.1 Å². The molecule has 0 spiro atoms. The summed E-state index contributed by atoms with van der Waals surface area (Å²) in [6.07, 6.45) is 3.03. The molecule has 31 heavy (non-hydrogen) atoms. The van der Waals surface area contributed by atoms with Crippen LogP contribution in [-0.4, -0.2) is 28.6 Å². The molecular formula is C23H15FN2O5. The molecule has 154 valence electrons. The molecule has 1 fully saturated rings. The number of aliphatic hydroxyl groups excluding tert-OH is 1. The fraction of sp³-hybridized carbons (Fsp3) is 0.0870. The van der Waals surface area contributed by atoms with Crippen LogP contribution >= 0.6 is 0 Å². The van der Waals surface area contributed by atoms with Crippen molar-refractivity contribution in [2.45, 2.75) is 6.04 Å². The highest BCUT2D eigenvalue weighted by atomic mass is 19.1. The lowest BCUT2D eigenvalue weighted by Crippen LogP contribution is -2.29. The van der Waals surface area contributed by atoms with Crippen LogP contribution in [0.25, 0.3) is 5.76 Å². The van der Waals surface area contributed by atoms with Gasteiger partial charge in [0.1, 0.15) is 11.6 Å². The van der Waals surface area contributed by atoms with E-state index >= 15 is 0 Å². The first-order valence-electron chi connectivity index (χ1n) is 9.41. The first-order valence-corrected chi connectivity index (χ1v) is 9.41. The molecule has 3 heterocycles. The van der Waals surface area contributed by atoms with Crippen LogP contribution in [0.2, 0.25) is 0 Å². The van der Waals surface area contributed by atoms with Gasteiger partial charge in [-0.2, -0.15) is 0 Å². The zero-order valence-electron chi connectivity index (χ0n) is 16.0. The van der Waals surface area contributed by atoms with Crippen LogP contribution in [0.3, 0.4) is 0 Å². The molecule has 1 unspecified atom stereocenters. The minimum Gasteiger partial charge on any atom is -0.507 e. The van der Waals surface area contributed by atoms with Crippen LogP contribution in [0.15, 0.2) is 72.6 Å². The van der Waals surface area contributed by atoms with Crippen LogP contribution in [0.1, 0.15) is 17.2 Å². The lowest BCUT2D eigenvalue weighted by molar-refractivity contribution is -0.132. The van der Waals surface area contributed by atoms with Crippen molar-refractivity contribution in [3.05, 3.63) is 89.5 Å². The van der Waals surface area contributed by atoms with E-state index < -0.39 is 23.5 Å². The Morgan fingerprint density at radius 3 is 2.58 bits per heavy atom. The fourth-order valence-corrected chi connectivity index (χ4v) is 3.79. The first-order chi connectivity index (χ1) is 15.0. The second-order valence-corrected chi connectivity index (χ2v) is 7.00. The zero-order valence-corrected chi connectivity index (χ0v) is 16.0. The summed E-state index contributed by atoms with van der Waals surface area (Å²) in [5.41, 5.74) is 0.925. The topological polar surface area (TPSA) is 89.0 Å². The number of halogens is 1. The van der Waals surface area contributed by atoms with Gasteiger partial charge in [0.15, 0.2) is 11.5 Å². The molecule has 5 rings (SSSR count). The highest BCUT2D eigenvalue weighted by Crippen LogP contribution is 2.43. The smallest absolute Gasteiger partial charge is 0.300 e. The molecular weight excluding hydrogens is 403 g/mol. The van der Waals surface area contributed by atoms with E-state index in [0.29, 0.717) is 22.6 Å². The number of fused-ring (bicyclic) bond motifs is 1. The monoisotopic (exact) mass is 418 g/mol. The quantitative estimate of drug-likeness (QED) is 0.397. The van der Waals surface area contributed by atoms with Gasteiger partial charge in [-0.25, -0.2) is 4.39 Å². The first kappa shape index (κ1) is 18.8. The fourth-order valence-electron chi connectivity index (χ4n) is 3.79. The van der Waals surface area contributed by atoms with E-state index in [1.165, 1.54) is 47.6 Å². The number of carbonyl (C=O) groups excluding carboxylic acids is 2. The number of nitrogens with zero attached hydrogens (tertiary/aromatic N) is 2. The Hall–Kier alpha value is -4.20. The maximum absolute atomic E-state index is 13.9. The van der Waals surface area contributed by atoms with Gasteiger partial charge in [-0.1, -0.05) is 6.07 Å². The van der Waals surface area contributed by atoms with Crippen molar-refractivity contribution in [2.75, 3.05) is 11.7 Å². The van der Waals surface area contributed by atoms with Gasteiger partial charge in [0, 0.05) is 23.6 Å². The maximum Gasteiger partial charge on any atom is 0.300 e. The van der Waals surface area contributed by atoms with Gasteiger partial charge in [0.25, 0.3) is 11.7 Å². The summed E-state index contributed by atoms with van der Waals surface area (Å²) in [7, 11) is 0. The highest BCUT2D eigenvalue weighted by molar-refractivity contribution is 6.51. The number of amides is 1. The van der Waals surface area contributed by atoms with E-state index in [-0.39, 0.29) is 23.8 Å². The average molecular weight is 418 g/mol. The Balaban J connectivity index is 1.70. The van der Waals surface area contributed by atoms with Crippen molar-refractivity contribution in [1.29, 1.82) is 0 Å². The van der Waals surface area contributed by atoms with Gasteiger partial charge >= 0.3 is 0 Å². The number of aliphatic hydroxyl groups is 1. The molecule has 3 aromatic rings. The highest BCUT2D eigenvalue weighted by Gasteiger charge is 2.47. The van der Waals surface area contributed by atoms with Gasteiger partial charge in [-0.05, 0) is 54.1 Å². The molecule has 7 nitrogen and oxygen atoms in total. The molecule has 1 atom stereocenters. The number of carbonyl (C=O) groups is 2. The van der Waals surface area contributed by atoms with Crippen LogP contribution in [-0.2, 0) is 9.59 Å². The van der Waals surface area contributed by atoms with Gasteiger partial charge in [-0.15, -0.1) is 0 Å². The predicted molar refractivity (Wildman–Crippen MR) is 108 cm³/mol. The standard InChI is InChI=1S/C23H15FN2O5/c24-15-2-1-3-16(11-15)26-20(13-6-8-25-9-7-13)19(22(28)23(26)29)21(27)14-4-5-17-18(10-14)31-12-30-17/h1-11,20,27H,12H2/b21-19-. The molecule has 2 aliphatic heterocycles.